The summed E-state index contributed by atoms with van der Waals surface area (Å²) < 4.78 is 0. The number of Topliss-reactive ketones (excluding diaryl/α,β-unsaturated/α-hetero) is 1. The van der Waals surface area contributed by atoms with Gasteiger partial charge in [0.05, 0.1) is 12.1 Å². The normalized spacial score (nSPS) is 18.5. The molecule has 0 saturated carbocycles. The van der Waals surface area contributed by atoms with Crippen LogP contribution < -0.4 is 4.90 Å². The molecule has 4 nitrogen and oxygen atoms in total. The van der Waals surface area contributed by atoms with Crippen molar-refractivity contribution < 1.29 is 14.7 Å². The molecule has 0 fully saturated rings. The lowest BCUT2D eigenvalue weighted by molar-refractivity contribution is -0.135. The molecule has 3 aromatic carbocycles. The molecule has 1 N–H and O–H groups in total. The van der Waals surface area contributed by atoms with Gasteiger partial charge in [-0.25, -0.2) is 0 Å². The maximum Gasteiger partial charge on any atom is 0.264 e. The van der Waals surface area contributed by atoms with Crippen molar-refractivity contribution >= 4 is 28.2 Å². The second kappa shape index (κ2) is 7.21. The molecule has 0 aromatic heterocycles. The third kappa shape index (κ3) is 3.00. The highest BCUT2D eigenvalue weighted by atomic mass is 16.3. The van der Waals surface area contributed by atoms with Gasteiger partial charge in [-0.3, -0.25) is 9.59 Å². The molecule has 28 heavy (non-hydrogen) atoms. The number of fused-ring (bicyclic) bond motifs is 2. The van der Waals surface area contributed by atoms with Crippen LogP contribution in [0.25, 0.3) is 10.8 Å². The third-order valence-electron chi connectivity index (χ3n) is 5.46. The Labute approximate surface area is 164 Å². The molecule has 1 amide bonds. The summed E-state index contributed by atoms with van der Waals surface area (Å²) in [6.07, 6.45) is 1.53. The number of aliphatic hydroxyl groups is 1. The number of amides is 1. The first-order valence-corrected chi connectivity index (χ1v) is 9.70. The minimum atomic E-state index is -1.81. The quantitative estimate of drug-likeness (QED) is 0.650. The van der Waals surface area contributed by atoms with Crippen LogP contribution in [-0.2, 0) is 10.4 Å². The van der Waals surface area contributed by atoms with Crippen molar-refractivity contribution in [1.29, 1.82) is 0 Å². The van der Waals surface area contributed by atoms with Gasteiger partial charge in [-0.05, 0) is 29.3 Å². The number of ketones is 1. The standard InChI is InChI=1S/C24H23NO3/c1-2-3-14-25-21-11-7-6-10-20(21)24(28,23(25)27)16-22(26)19-13-12-17-8-4-5-9-18(17)15-19/h4-13,15,28H,2-3,14,16H2,1H3. The summed E-state index contributed by atoms with van der Waals surface area (Å²) in [7, 11) is 0. The molecular weight excluding hydrogens is 350 g/mol. The van der Waals surface area contributed by atoms with Gasteiger partial charge in [-0.15, -0.1) is 0 Å². The van der Waals surface area contributed by atoms with E-state index in [0.717, 1.165) is 23.6 Å². The lowest BCUT2D eigenvalue weighted by Crippen LogP contribution is -2.42. The molecule has 1 unspecified atom stereocenters. The molecule has 0 saturated heterocycles. The number of para-hydroxylation sites is 1. The van der Waals surface area contributed by atoms with Crippen molar-refractivity contribution in [3.05, 3.63) is 77.9 Å². The van der Waals surface area contributed by atoms with E-state index in [1.165, 1.54) is 0 Å². The minimum Gasteiger partial charge on any atom is -0.375 e. The molecular formula is C24H23NO3. The van der Waals surface area contributed by atoms with Crippen molar-refractivity contribution in [2.75, 3.05) is 11.4 Å². The first-order chi connectivity index (χ1) is 13.5. The van der Waals surface area contributed by atoms with E-state index < -0.39 is 11.5 Å². The number of carbonyl (C=O) groups is 2. The minimum absolute atomic E-state index is 0.242. The molecule has 0 spiro atoms. The van der Waals surface area contributed by atoms with E-state index in [9.17, 15) is 14.7 Å². The molecule has 4 heteroatoms. The summed E-state index contributed by atoms with van der Waals surface area (Å²) in [4.78, 5) is 27.7. The van der Waals surface area contributed by atoms with Crippen molar-refractivity contribution in [2.24, 2.45) is 0 Å². The summed E-state index contributed by atoms with van der Waals surface area (Å²) in [5, 5.41) is 13.3. The maximum absolute atomic E-state index is 13.1. The molecule has 1 atom stereocenters. The predicted octanol–water partition coefficient (Wildman–Crippen LogP) is 4.45. The number of unbranched alkanes of at least 4 members (excludes halogenated alkanes) is 1. The molecule has 0 bridgehead atoms. The molecule has 0 radical (unpaired) electrons. The Bertz CT molecular complexity index is 1060. The Morgan fingerprint density at radius 2 is 1.71 bits per heavy atom. The molecule has 1 heterocycles. The van der Waals surface area contributed by atoms with Crippen LogP contribution in [0, 0.1) is 0 Å². The van der Waals surface area contributed by atoms with Gasteiger partial charge in [0.15, 0.2) is 11.4 Å². The Morgan fingerprint density at radius 1 is 1.00 bits per heavy atom. The summed E-state index contributed by atoms with van der Waals surface area (Å²) in [5.41, 5.74) is -0.0861. The second-order valence-corrected chi connectivity index (χ2v) is 7.35. The van der Waals surface area contributed by atoms with Crippen LogP contribution in [0.2, 0.25) is 0 Å². The molecule has 1 aliphatic heterocycles. The Hall–Kier alpha value is -2.98. The van der Waals surface area contributed by atoms with Crippen molar-refractivity contribution in [2.45, 2.75) is 31.8 Å². The predicted molar refractivity (Wildman–Crippen MR) is 110 cm³/mol. The van der Waals surface area contributed by atoms with Crippen LogP contribution in [-0.4, -0.2) is 23.3 Å². The van der Waals surface area contributed by atoms with Gasteiger partial charge in [0.25, 0.3) is 5.91 Å². The van der Waals surface area contributed by atoms with E-state index in [1.54, 1.807) is 23.1 Å². The topological polar surface area (TPSA) is 57.6 Å². The first-order valence-electron chi connectivity index (χ1n) is 9.70. The molecule has 142 valence electrons. The van der Waals surface area contributed by atoms with Crippen LogP contribution in [0.1, 0.15) is 42.1 Å². The van der Waals surface area contributed by atoms with Gasteiger partial charge in [-0.1, -0.05) is 67.9 Å². The number of nitrogens with zero attached hydrogens (tertiary/aromatic N) is 1. The summed E-state index contributed by atoms with van der Waals surface area (Å²) >= 11 is 0. The fraction of sp³-hybridized carbons (Fsp3) is 0.250. The van der Waals surface area contributed by atoms with E-state index >= 15 is 0 Å². The summed E-state index contributed by atoms with van der Waals surface area (Å²) in [6.45, 7) is 2.60. The van der Waals surface area contributed by atoms with Gasteiger partial charge in [0.1, 0.15) is 0 Å². The monoisotopic (exact) mass is 373 g/mol. The highest BCUT2D eigenvalue weighted by Gasteiger charge is 2.50. The van der Waals surface area contributed by atoms with Crippen molar-refractivity contribution in [1.82, 2.24) is 0 Å². The van der Waals surface area contributed by atoms with Gasteiger partial charge in [0, 0.05) is 17.7 Å². The highest BCUT2D eigenvalue weighted by Crippen LogP contribution is 2.43. The number of rotatable bonds is 6. The third-order valence-corrected chi connectivity index (χ3v) is 5.46. The highest BCUT2D eigenvalue weighted by molar-refractivity contribution is 6.11. The van der Waals surface area contributed by atoms with Gasteiger partial charge < -0.3 is 10.0 Å². The lowest BCUT2D eigenvalue weighted by atomic mass is 9.88. The van der Waals surface area contributed by atoms with Crippen LogP contribution in [0.5, 0.6) is 0 Å². The zero-order chi connectivity index (χ0) is 19.7. The molecule has 0 aliphatic carbocycles. The Morgan fingerprint density at radius 3 is 2.50 bits per heavy atom. The van der Waals surface area contributed by atoms with E-state index in [1.807, 2.05) is 48.5 Å². The molecule has 1 aliphatic rings. The van der Waals surface area contributed by atoms with E-state index in [-0.39, 0.29) is 12.2 Å². The lowest BCUT2D eigenvalue weighted by Gasteiger charge is -2.22. The van der Waals surface area contributed by atoms with Crippen LogP contribution >= 0.6 is 0 Å². The second-order valence-electron chi connectivity index (χ2n) is 7.35. The van der Waals surface area contributed by atoms with Crippen LogP contribution in [0.4, 0.5) is 5.69 Å². The van der Waals surface area contributed by atoms with Crippen LogP contribution in [0.3, 0.4) is 0 Å². The fourth-order valence-electron chi connectivity index (χ4n) is 3.91. The van der Waals surface area contributed by atoms with Gasteiger partial charge >= 0.3 is 0 Å². The maximum atomic E-state index is 13.1. The van der Waals surface area contributed by atoms with Gasteiger partial charge in [-0.2, -0.15) is 0 Å². The number of anilines is 1. The number of hydrogen-bond donors (Lipinski definition) is 1. The fourth-order valence-corrected chi connectivity index (χ4v) is 3.91. The van der Waals surface area contributed by atoms with Crippen LogP contribution in [0.15, 0.2) is 66.7 Å². The smallest absolute Gasteiger partial charge is 0.264 e. The van der Waals surface area contributed by atoms with E-state index in [0.29, 0.717) is 23.4 Å². The van der Waals surface area contributed by atoms with E-state index in [4.69, 9.17) is 0 Å². The summed E-state index contributed by atoms with van der Waals surface area (Å²) in [5.74, 6) is -0.648. The van der Waals surface area contributed by atoms with Crippen molar-refractivity contribution in [3.8, 4) is 0 Å². The number of carbonyl (C=O) groups excluding carboxylic acids is 2. The zero-order valence-corrected chi connectivity index (χ0v) is 15.9. The Kier molecular flexibility index (Phi) is 4.73. The largest absolute Gasteiger partial charge is 0.375 e. The molecule has 4 rings (SSSR count). The molecule has 3 aromatic rings. The van der Waals surface area contributed by atoms with Crippen molar-refractivity contribution in [3.63, 3.8) is 0 Å². The Balaban J connectivity index is 1.67. The average molecular weight is 373 g/mol. The van der Waals surface area contributed by atoms with Gasteiger partial charge in [0.2, 0.25) is 0 Å². The number of hydrogen-bond acceptors (Lipinski definition) is 3. The van der Waals surface area contributed by atoms with E-state index in [2.05, 4.69) is 6.92 Å². The average Bonchev–Trinajstić information content (AvgIpc) is 2.93. The first kappa shape index (κ1) is 18.4. The zero-order valence-electron chi connectivity index (χ0n) is 15.9. The number of benzene rings is 3. The SMILES string of the molecule is CCCCN1C(=O)C(O)(CC(=O)c2ccc3ccccc3c2)c2ccccc21. The summed E-state index contributed by atoms with van der Waals surface area (Å²) in [6, 6.07) is 20.5.